The van der Waals surface area contributed by atoms with Crippen LogP contribution in [0.5, 0.6) is 0 Å². The van der Waals surface area contributed by atoms with Crippen molar-refractivity contribution in [2.75, 3.05) is 12.4 Å². The first-order valence-corrected chi connectivity index (χ1v) is 16.1. The molecule has 7 nitrogen and oxygen atoms in total. The summed E-state index contributed by atoms with van der Waals surface area (Å²) in [7, 11) is 1.97. The summed E-state index contributed by atoms with van der Waals surface area (Å²) in [5.41, 5.74) is 4.56. The number of H-pyrrole nitrogens is 1. The van der Waals surface area contributed by atoms with Crippen LogP contribution in [0.2, 0.25) is 5.02 Å². The lowest BCUT2D eigenvalue weighted by Crippen LogP contribution is -2.04. The van der Waals surface area contributed by atoms with Crippen LogP contribution in [0.3, 0.4) is 0 Å². The number of hydrogen-bond donors (Lipinski definition) is 2. The molecule has 8 heteroatoms. The van der Waals surface area contributed by atoms with Gasteiger partial charge in [-0.2, -0.15) is 0 Å². The number of anilines is 2. The minimum Gasteiger partial charge on any atom is -0.356 e. The van der Waals surface area contributed by atoms with Gasteiger partial charge in [-0.1, -0.05) is 97.1 Å². The van der Waals surface area contributed by atoms with Crippen molar-refractivity contribution in [3.63, 3.8) is 0 Å². The maximum absolute atomic E-state index is 11.6. The SMILES string of the molecule is C/C=C(\N=CCC)c1ccnc(Nc2cc(Cl)c3[nH]c(C(C)=O)cc3c2)n1.C=C(C)N(C)/C=C\C.CC.CCCCCCC. The third-order valence-corrected chi connectivity index (χ3v) is 6.40. The van der Waals surface area contributed by atoms with E-state index in [1.807, 2.05) is 90.2 Å². The highest BCUT2D eigenvalue weighted by molar-refractivity contribution is 6.35. The highest BCUT2D eigenvalue weighted by atomic mass is 35.5. The minimum atomic E-state index is -0.0423. The van der Waals surface area contributed by atoms with Crippen LogP contribution >= 0.6 is 11.6 Å². The normalized spacial score (nSPS) is 10.8. The highest BCUT2D eigenvalue weighted by Gasteiger charge is 2.11. The van der Waals surface area contributed by atoms with Gasteiger partial charge in [0.1, 0.15) is 0 Å². The molecule has 3 aromatic rings. The molecule has 0 saturated heterocycles. The number of aromatic amines is 1. The molecule has 0 amide bonds. The van der Waals surface area contributed by atoms with Gasteiger partial charge in [-0.05, 0) is 57.7 Å². The molecule has 0 aliphatic heterocycles. The molecular weight excluding hydrogens is 568 g/mol. The summed E-state index contributed by atoms with van der Waals surface area (Å²) in [6.07, 6.45) is 17.2. The largest absolute Gasteiger partial charge is 0.356 e. The molecule has 0 saturated carbocycles. The average molecular weight is 623 g/mol. The summed E-state index contributed by atoms with van der Waals surface area (Å²) in [4.78, 5) is 29.8. The number of fused-ring (bicyclic) bond motifs is 1. The van der Waals surface area contributed by atoms with Gasteiger partial charge < -0.3 is 15.2 Å². The Bertz CT molecular complexity index is 1350. The average Bonchev–Trinajstić information content (AvgIpc) is 3.45. The van der Waals surface area contributed by atoms with Gasteiger partial charge in [-0.25, -0.2) is 9.97 Å². The van der Waals surface area contributed by atoms with Crippen molar-refractivity contribution in [1.29, 1.82) is 0 Å². The van der Waals surface area contributed by atoms with E-state index in [1.165, 1.54) is 39.0 Å². The Hall–Kier alpha value is -3.71. The number of aromatic nitrogens is 3. The fourth-order valence-corrected chi connectivity index (χ4v) is 3.93. The van der Waals surface area contributed by atoms with Crippen LogP contribution in [0.15, 0.2) is 66.1 Å². The van der Waals surface area contributed by atoms with Crippen LogP contribution in [0, 0.1) is 0 Å². The van der Waals surface area contributed by atoms with Gasteiger partial charge in [0, 0.05) is 43.2 Å². The molecule has 0 unspecified atom stereocenters. The van der Waals surface area contributed by atoms with Crippen LogP contribution in [0.1, 0.15) is 117 Å². The second kappa shape index (κ2) is 23.7. The minimum absolute atomic E-state index is 0.0423. The number of carbonyl (C=O) groups excluding carboxylic acids is 1. The van der Waals surface area contributed by atoms with Crippen molar-refractivity contribution >= 4 is 51.8 Å². The number of carbonyl (C=O) groups is 1. The Labute approximate surface area is 271 Å². The number of aliphatic imine (C=N–C) groups is 1. The Morgan fingerprint density at radius 3 is 2.25 bits per heavy atom. The molecule has 0 atom stereocenters. The van der Waals surface area contributed by atoms with E-state index in [0.29, 0.717) is 16.7 Å². The lowest BCUT2D eigenvalue weighted by Gasteiger charge is -2.11. The van der Waals surface area contributed by atoms with Gasteiger partial charge in [-0.15, -0.1) is 0 Å². The zero-order valence-corrected chi connectivity index (χ0v) is 29.5. The summed E-state index contributed by atoms with van der Waals surface area (Å²) in [5.74, 6) is 0.399. The van der Waals surface area contributed by atoms with Crippen molar-refractivity contribution in [3.8, 4) is 0 Å². The van der Waals surface area contributed by atoms with Crippen LogP contribution in [-0.2, 0) is 0 Å². The number of nitrogens with zero attached hydrogens (tertiary/aromatic N) is 4. The molecule has 3 rings (SSSR count). The summed E-state index contributed by atoms with van der Waals surface area (Å²) >= 11 is 6.36. The molecule has 0 aliphatic carbocycles. The van der Waals surface area contributed by atoms with Crippen molar-refractivity contribution in [2.24, 2.45) is 4.99 Å². The number of Topliss-reactive ketones (excluding diaryl/α,β-unsaturated/α-hetero) is 1. The second-order valence-electron chi connectivity index (χ2n) is 9.84. The fraction of sp³-hybridized carbons (Fsp3) is 0.444. The molecule has 2 heterocycles. The predicted octanol–water partition coefficient (Wildman–Crippen LogP) is 11.4. The first kappa shape index (κ1) is 40.3. The van der Waals surface area contributed by atoms with Crippen molar-refractivity contribution in [2.45, 2.75) is 101 Å². The van der Waals surface area contributed by atoms with E-state index >= 15 is 0 Å². The number of allylic oxidation sites excluding steroid dienone is 3. The van der Waals surface area contributed by atoms with Gasteiger partial charge >= 0.3 is 0 Å². The molecule has 0 fully saturated rings. The number of ketones is 1. The van der Waals surface area contributed by atoms with Crippen LogP contribution in [-0.4, -0.2) is 38.9 Å². The lowest BCUT2D eigenvalue weighted by molar-refractivity contribution is 0.101. The molecule has 1 aromatic carbocycles. The highest BCUT2D eigenvalue weighted by Crippen LogP contribution is 2.29. The number of hydrogen-bond acceptors (Lipinski definition) is 6. The summed E-state index contributed by atoms with van der Waals surface area (Å²) < 4.78 is 0. The van der Waals surface area contributed by atoms with Crippen LogP contribution in [0.25, 0.3) is 16.6 Å². The quantitative estimate of drug-likeness (QED) is 0.119. The maximum atomic E-state index is 11.6. The lowest BCUT2D eigenvalue weighted by atomic mass is 10.2. The fourth-order valence-electron chi connectivity index (χ4n) is 3.66. The monoisotopic (exact) mass is 622 g/mol. The third-order valence-electron chi connectivity index (χ3n) is 6.10. The van der Waals surface area contributed by atoms with E-state index in [4.69, 9.17) is 11.6 Å². The van der Waals surface area contributed by atoms with Gasteiger partial charge in [-0.3, -0.25) is 9.79 Å². The van der Waals surface area contributed by atoms with E-state index in [1.54, 1.807) is 18.3 Å². The van der Waals surface area contributed by atoms with Crippen LogP contribution < -0.4 is 5.32 Å². The topological polar surface area (TPSA) is 86.3 Å². The first-order valence-electron chi connectivity index (χ1n) is 15.7. The second-order valence-corrected chi connectivity index (χ2v) is 10.2. The predicted molar refractivity (Wildman–Crippen MR) is 194 cm³/mol. The molecule has 0 radical (unpaired) electrons. The number of halogens is 1. The Morgan fingerprint density at radius 2 is 1.75 bits per heavy atom. The molecule has 0 bridgehead atoms. The smallest absolute Gasteiger partial charge is 0.227 e. The molecule has 2 N–H and O–H groups in total. The summed E-state index contributed by atoms with van der Waals surface area (Å²) in [6, 6.07) is 7.26. The molecular formula is C36H55ClN6O. The van der Waals surface area contributed by atoms with Gasteiger partial charge in [0.2, 0.25) is 5.95 Å². The van der Waals surface area contributed by atoms with Gasteiger partial charge in [0.25, 0.3) is 0 Å². The zero-order chi connectivity index (χ0) is 33.5. The number of unbranched alkanes of at least 4 members (excludes halogenated alkanes) is 4. The van der Waals surface area contributed by atoms with E-state index in [9.17, 15) is 4.79 Å². The van der Waals surface area contributed by atoms with Crippen molar-refractivity contribution in [1.82, 2.24) is 19.9 Å². The molecule has 0 aliphatic rings. The Balaban J connectivity index is 0.000000897. The number of benzene rings is 1. The van der Waals surface area contributed by atoms with Gasteiger partial charge in [0.15, 0.2) is 5.78 Å². The zero-order valence-electron chi connectivity index (χ0n) is 28.7. The molecule has 0 spiro atoms. The maximum Gasteiger partial charge on any atom is 0.227 e. The van der Waals surface area contributed by atoms with E-state index < -0.39 is 0 Å². The van der Waals surface area contributed by atoms with E-state index in [2.05, 4.69) is 45.7 Å². The summed E-state index contributed by atoms with van der Waals surface area (Å²) in [5, 5.41) is 4.52. The standard InChI is InChI=1S/C20H20ClN5O.C7H13N.C7H16.C2H6/c1-4-7-22-16(5-2)17-6-8-23-20(26-17)24-14-9-13-10-18(12(3)27)25-19(13)15(21)11-14;1-5-6-8(4)7(2)3;1-3-5-7-6-4-2;1-2/h5-11,25H,4H2,1-3H3,(H,23,24,26);5-6H,2H2,1,3-4H3;3-7H2,1-2H3;1-2H3/b16-5-,22-7?;6-5-;;. The third kappa shape index (κ3) is 15.1. The van der Waals surface area contributed by atoms with Crippen molar-refractivity contribution in [3.05, 3.63) is 77.5 Å². The molecule has 44 heavy (non-hydrogen) atoms. The van der Waals surface area contributed by atoms with Crippen LogP contribution in [0.4, 0.5) is 11.6 Å². The first-order chi connectivity index (χ1) is 21.1. The van der Waals surface area contributed by atoms with Gasteiger partial charge in [0.05, 0.1) is 27.6 Å². The summed E-state index contributed by atoms with van der Waals surface area (Å²) in [6.45, 7) is 21.7. The van der Waals surface area contributed by atoms with Crippen molar-refractivity contribution < 1.29 is 4.79 Å². The molecule has 2 aromatic heterocycles. The molecule has 242 valence electrons. The number of rotatable bonds is 12. The van der Waals surface area contributed by atoms with E-state index in [-0.39, 0.29) is 5.78 Å². The van der Waals surface area contributed by atoms with E-state index in [0.717, 1.165) is 40.1 Å². The Kier molecular flexibility index (Phi) is 21.7. The Morgan fingerprint density at radius 1 is 1.09 bits per heavy atom. The number of nitrogens with one attached hydrogen (secondary N) is 2.